The quantitative estimate of drug-likeness (QED) is 0.594. The van der Waals surface area contributed by atoms with Gasteiger partial charge in [-0.15, -0.1) is 0 Å². The Morgan fingerprint density at radius 3 is 2.42 bits per heavy atom. The average Bonchev–Trinajstić information content (AvgIpc) is 3.15. The van der Waals surface area contributed by atoms with Gasteiger partial charge in [0.15, 0.2) is 0 Å². The molecule has 5 heteroatoms. The summed E-state index contributed by atoms with van der Waals surface area (Å²) in [5.74, 6) is 1.65. The second-order valence-electron chi connectivity index (χ2n) is 9.57. The number of ether oxygens (including phenoxy) is 1. The molecule has 0 saturated carbocycles. The Kier molecular flexibility index (Phi) is 6.88. The van der Waals surface area contributed by atoms with E-state index in [1.165, 1.54) is 12.0 Å². The highest BCUT2D eigenvalue weighted by Gasteiger charge is 2.41. The Morgan fingerprint density at radius 2 is 1.71 bits per heavy atom. The number of benzene rings is 2. The van der Waals surface area contributed by atoms with Gasteiger partial charge in [0.25, 0.3) is 5.91 Å². The zero-order chi connectivity index (χ0) is 21.8. The summed E-state index contributed by atoms with van der Waals surface area (Å²) in [4.78, 5) is 17.4. The Balaban J connectivity index is 1.32. The lowest BCUT2D eigenvalue weighted by atomic mass is 9.77. The maximum Gasteiger partial charge on any atom is 0.253 e. The molecule has 0 unspecified atom stereocenters. The number of carbonyl (C=O) groups is 1. The van der Waals surface area contributed by atoms with E-state index in [9.17, 15) is 4.79 Å². The van der Waals surface area contributed by atoms with Gasteiger partial charge in [-0.3, -0.25) is 9.69 Å². The van der Waals surface area contributed by atoms with Crippen molar-refractivity contribution < 1.29 is 9.53 Å². The highest BCUT2D eigenvalue weighted by molar-refractivity contribution is 6.30. The Morgan fingerprint density at radius 1 is 1.03 bits per heavy atom. The Bertz CT molecular complexity index is 889. The first-order valence-electron chi connectivity index (χ1n) is 11.4. The maximum atomic E-state index is 12.8. The van der Waals surface area contributed by atoms with E-state index in [4.69, 9.17) is 16.3 Å². The van der Waals surface area contributed by atoms with Crippen LogP contribution in [0.1, 0.15) is 49.0 Å². The highest BCUT2D eigenvalue weighted by Crippen LogP contribution is 2.41. The van der Waals surface area contributed by atoms with E-state index in [1.54, 1.807) is 12.1 Å². The van der Waals surface area contributed by atoms with Gasteiger partial charge < -0.3 is 9.64 Å². The van der Waals surface area contributed by atoms with E-state index in [0.29, 0.717) is 16.4 Å². The molecule has 2 aromatic rings. The summed E-state index contributed by atoms with van der Waals surface area (Å²) in [5.41, 5.74) is 2.34. The van der Waals surface area contributed by atoms with Crippen LogP contribution in [0.25, 0.3) is 0 Å². The fourth-order valence-corrected chi connectivity index (χ4v) is 4.93. The molecular weight excluding hydrogens is 408 g/mol. The van der Waals surface area contributed by atoms with E-state index in [0.717, 1.165) is 63.5 Å². The fraction of sp³-hybridized carbons (Fsp3) is 0.500. The second kappa shape index (κ2) is 9.62. The van der Waals surface area contributed by atoms with Gasteiger partial charge in [0.1, 0.15) is 5.75 Å². The van der Waals surface area contributed by atoms with E-state index in [-0.39, 0.29) is 5.91 Å². The van der Waals surface area contributed by atoms with Crippen molar-refractivity contribution in [1.29, 1.82) is 0 Å². The number of hydrogen-bond acceptors (Lipinski definition) is 3. The molecule has 2 fully saturated rings. The van der Waals surface area contributed by atoms with Gasteiger partial charge in [0, 0.05) is 42.3 Å². The summed E-state index contributed by atoms with van der Waals surface area (Å²) in [6, 6.07) is 15.7. The number of hydrogen-bond donors (Lipinski definition) is 0. The van der Waals surface area contributed by atoms with E-state index < -0.39 is 0 Å². The molecule has 2 aliphatic heterocycles. The van der Waals surface area contributed by atoms with Crippen molar-refractivity contribution in [3.05, 3.63) is 64.7 Å². The van der Waals surface area contributed by atoms with Crippen LogP contribution in [0.5, 0.6) is 5.75 Å². The predicted octanol–water partition coefficient (Wildman–Crippen LogP) is 5.50. The van der Waals surface area contributed by atoms with Crippen molar-refractivity contribution in [3.63, 3.8) is 0 Å². The van der Waals surface area contributed by atoms with Crippen LogP contribution in [-0.4, -0.2) is 48.5 Å². The first-order chi connectivity index (χ1) is 14.9. The van der Waals surface area contributed by atoms with E-state index >= 15 is 0 Å². The van der Waals surface area contributed by atoms with Crippen molar-refractivity contribution in [3.8, 4) is 5.75 Å². The fourth-order valence-electron chi connectivity index (χ4n) is 4.80. The molecular formula is C26H33ClN2O2. The summed E-state index contributed by atoms with van der Waals surface area (Å²) in [6.07, 6.45) is 3.37. The van der Waals surface area contributed by atoms with Crippen LogP contribution in [0.2, 0.25) is 5.02 Å². The SMILES string of the molecule is CC(C)COc1ccccc1CN1CCC2(CCN(C(=O)c3ccc(Cl)cc3)CC2)C1. The van der Waals surface area contributed by atoms with Crippen molar-refractivity contribution in [1.82, 2.24) is 9.80 Å². The van der Waals surface area contributed by atoms with Crippen LogP contribution < -0.4 is 4.74 Å². The minimum atomic E-state index is 0.123. The molecule has 2 saturated heterocycles. The molecule has 4 rings (SSSR count). The molecule has 2 heterocycles. The molecule has 0 radical (unpaired) electrons. The summed E-state index contributed by atoms with van der Waals surface area (Å²) in [5, 5.41) is 0.663. The van der Waals surface area contributed by atoms with Gasteiger partial charge in [-0.05, 0) is 67.5 Å². The second-order valence-corrected chi connectivity index (χ2v) is 10.0. The minimum absolute atomic E-state index is 0.123. The zero-order valence-corrected chi connectivity index (χ0v) is 19.4. The molecule has 0 bridgehead atoms. The molecule has 2 aliphatic rings. The molecule has 0 aliphatic carbocycles. The molecule has 0 aromatic heterocycles. The lowest BCUT2D eigenvalue weighted by molar-refractivity contribution is 0.0587. The van der Waals surface area contributed by atoms with Gasteiger partial charge in [0.2, 0.25) is 0 Å². The third kappa shape index (κ3) is 5.42. The summed E-state index contributed by atoms with van der Waals surface area (Å²) < 4.78 is 6.06. The van der Waals surface area contributed by atoms with Crippen LogP contribution in [0.3, 0.4) is 0 Å². The van der Waals surface area contributed by atoms with Crippen molar-refractivity contribution in [2.24, 2.45) is 11.3 Å². The molecule has 0 N–H and O–H groups in total. The summed E-state index contributed by atoms with van der Waals surface area (Å²) in [6.45, 7) is 9.93. The van der Waals surface area contributed by atoms with E-state index in [2.05, 4.69) is 43.0 Å². The number of nitrogens with zero attached hydrogens (tertiary/aromatic N) is 2. The predicted molar refractivity (Wildman–Crippen MR) is 126 cm³/mol. The number of amides is 1. The van der Waals surface area contributed by atoms with Crippen LogP contribution >= 0.6 is 11.6 Å². The average molecular weight is 441 g/mol. The molecule has 0 atom stereocenters. The molecule has 1 amide bonds. The first kappa shape index (κ1) is 22.2. The number of likely N-dealkylation sites (tertiary alicyclic amines) is 2. The standard InChI is InChI=1S/C26H33ClN2O2/c1-20(2)18-31-24-6-4-3-5-22(24)17-28-14-11-26(19-28)12-15-29(16-13-26)25(30)21-7-9-23(27)10-8-21/h3-10,20H,11-19H2,1-2H3. The normalized spacial score (nSPS) is 18.6. The molecule has 1 spiro atoms. The largest absolute Gasteiger partial charge is 0.493 e. The molecule has 4 nitrogen and oxygen atoms in total. The zero-order valence-electron chi connectivity index (χ0n) is 18.6. The Labute approximate surface area is 191 Å². The summed E-state index contributed by atoms with van der Waals surface area (Å²) >= 11 is 5.96. The van der Waals surface area contributed by atoms with Crippen molar-refractivity contribution in [2.75, 3.05) is 32.8 Å². The van der Waals surface area contributed by atoms with Gasteiger partial charge in [0.05, 0.1) is 6.61 Å². The lowest BCUT2D eigenvalue weighted by Crippen LogP contribution is -2.44. The Hall–Kier alpha value is -2.04. The van der Waals surface area contributed by atoms with Crippen LogP contribution in [0.4, 0.5) is 0 Å². The number of rotatable bonds is 6. The van der Waals surface area contributed by atoms with Gasteiger partial charge >= 0.3 is 0 Å². The number of para-hydroxylation sites is 1. The highest BCUT2D eigenvalue weighted by atomic mass is 35.5. The van der Waals surface area contributed by atoms with Crippen LogP contribution in [-0.2, 0) is 6.54 Å². The van der Waals surface area contributed by atoms with Gasteiger partial charge in [-0.25, -0.2) is 0 Å². The van der Waals surface area contributed by atoms with E-state index in [1.807, 2.05) is 17.0 Å². The maximum absolute atomic E-state index is 12.8. The van der Waals surface area contributed by atoms with Crippen molar-refractivity contribution in [2.45, 2.75) is 39.7 Å². The monoisotopic (exact) mass is 440 g/mol. The topological polar surface area (TPSA) is 32.8 Å². The minimum Gasteiger partial charge on any atom is -0.493 e. The molecule has 2 aromatic carbocycles. The van der Waals surface area contributed by atoms with Crippen molar-refractivity contribution >= 4 is 17.5 Å². The first-order valence-corrected chi connectivity index (χ1v) is 11.8. The van der Waals surface area contributed by atoms with Gasteiger partial charge in [-0.2, -0.15) is 0 Å². The molecule has 166 valence electrons. The van der Waals surface area contributed by atoms with Crippen LogP contribution in [0, 0.1) is 11.3 Å². The number of halogens is 1. The summed E-state index contributed by atoms with van der Waals surface area (Å²) in [7, 11) is 0. The van der Waals surface area contributed by atoms with Gasteiger partial charge in [-0.1, -0.05) is 43.6 Å². The lowest BCUT2D eigenvalue weighted by Gasteiger charge is -2.39. The number of carbonyl (C=O) groups excluding carboxylic acids is 1. The third-order valence-electron chi connectivity index (χ3n) is 6.66. The smallest absolute Gasteiger partial charge is 0.253 e. The van der Waals surface area contributed by atoms with Crippen LogP contribution in [0.15, 0.2) is 48.5 Å². The molecule has 31 heavy (non-hydrogen) atoms. The number of piperidine rings is 1. The third-order valence-corrected chi connectivity index (χ3v) is 6.91.